The number of ether oxygens (including phenoxy) is 1. The van der Waals surface area contributed by atoms with Crippen LogP contribution in [0.3, 0.4) is 0 Å². The Kier molecular flexibility index (Phi) is 5.69. The molecule has 1 aliphatic rings. The maximum Gasteiger partial charge on any atom is 0.235 e. The molecule has 1 aliphatic carbocycles. The number of hydrogen-bond donors (Lipinski definition) is 1. The van der Waals surface area contributed by atoms with E-state index in [1.807, 2.05) is 30.3 Å². The van der Waals surface area contributed by atoms with Crippen molar-refractivity contribution < 1.29 is 9.53 Å². The molecule has 132 valence electrons. The molecule has 0 aliphatic heterocycles. The van der Waals surface area contributed by atoms with E-state index < -0.39 is 5.41 Å². The molecule has 1 aromatic heterocycles. The van der Waals surface area contributed by atoms with Gasteiger partial charge in [0.2, 0.25) is 11.8 Å². The molecule has 0 atom stereocenters. The Bertz CT molecular complexity index is 677. The molecule has 25 heavy (non-hydrogen) atoms. The Morgan fingerprint density at radius 2 is 1.92 bits per heavy atom. The lowest BCUT2D eigenvalue weighted by atomic mass is 9.78. The first-order valence-electron chi connectivity index (χ1n) is 9.20. The minimum absolute atomic E-state index is 0.0673. The van der Waals surface area contributed by atoms with Crippen LogP contribution in [0.1, 0.15) is 51.0 Å². The normalized spacial score (nSPS) is 15.7. The molecule has 3 rings (SSSR count). The number of unbranched alkanes of at least 4 members (excludes halogenated alkanes) is 1. The largest absolute Gasteiger partial charge is 0.478 e. The summed E-state index contributed by atoms with van der Waals surface area (Å²) in [5.41, 5.74) is 1.41. The summed E-state index contributed by atoms with van der Waals surface area (Å²) in [5, 5.41) is 3.06. The zero-order chi connectivity index (χ0) is 17.5. The van der Waals surface area contributed by atoms with Gasteiger partial charge >= 0.3 is 0 Å². The smallest absolute Gasteiger partial charge is 0.235 e. The van der Waals surface area contributed by atoms with Crippen molar-refractivity contribution in [2.45, 2.75) is 50.9 Å². The summed E-state index contributed by atoms with van der Waals surface area (Å²) in [6.07, 6.45) is 7.75. The second-order valence-electron chi connectivity index (χ2n) is 6.70. The first-order chi connectivity index (χ1) is 12.2. The molecule has 2 aromatic rings. The lowest BCUT2D eigenvalue weighted by molar-refractivity contribution is -0.121. The van der Waals surface area contributed by atoms with E-state index in [-0.39, 0.29) is 5.91 Å². The molecule has 1 heterocycles. The summed E-state index contributed by atoms with van der Waals surface area (Å²) in [5.74, 6) is 0.669. The minimum atomic E-state index is -0.419. The molecular weight excluding hydrogens is 312 g/mol. The Morgan fingerprint density at radius 3 is 2.56 bits per heavy atom. The zero-order valence-electron chi connectivity index (χ0n) is 14.8. The third-order valence-corrected chi connectivity index (χ3v) is 4.96. The molecule has 1 fully saturated rings. The highest BCUT2D eigenvalue weighted by molar-refractivity contribution is 5.99. The van der Waals surface area contributed by atoms with Gasteiger partial charge in [-0.2, -0.15) is 0 Å². The third kappa shape index (κ3) is 4.01. The van der Waals surface area contributed by atoms with Crippen LogP contribution in [0.5, 0.6) is 5.88 Å². The van der Waals surface area contributed by atoms with E-state index in [0.717, 1.165) is 49.8 Å². The molecular formula is C21H26N2O2. The summed E-state index contributed by atoms with van der Waals surface area (Å²) in [6.45, 7) is 2.80. The van der Waals surface area contributed by atoms with Crippen molar-refractivity contribution >= 4 is 11.6 Å². The predicted molar refractivity (Wildman–Crippen MR) is 99.9 cm³/mol. The average Bonchev–Trinajstić information content (AvgIpc) is 3.15. The standard InChI is InChI=1S/C21H26N2O2/c1-2-3-15-25-19-12-11-18(16-22-19)23-20(24)21(13-7-8-14-21)17-9-5-4-6-10-17/h4-6,9-12,16H,2-3,7-8,13-15H2,1H3,(H,23,24). The molecule has 0 bridgehead atoms. The number of carbonyl (C=O) groups is 1. The van der Waals surface area contributed by atoms with E-state index >= 15 is 0 Å². The maximum absolute atomic E-state index is 13.1. The van der Waals surface area contributed by atoms with Gasteiger partial charge in [0.05, 0.1) is 23.9 Å². The lowest BCUT2D eigenvalue weighted by Crippen LogP contribution is -2.37. The van der Waals surface area contributed by atoms with Crippen molar-refractivity contribution in [1.82, 2.24) is 4.98 Å². The van der Waals surface area contributed by atoms with Crippen LogP contribution in [-0.2, 0) is 10.2 Å². The number of carbonyl (C=O) groups excluding carboxylic acids is 1. The zero-order valence-corrected chi connectivity index (χ0v) is 14.8. The predicted octanol–water partition coefficient (Wildman–Crippen LogP) is 4.71. The van der Waals surface area contributed by atoms with Crippen molar-refractivity contribution in [3.8, 4) is 5.88 Å². The van der Waals surface area contributed by atoms with Gasteiger partial charge in [0.25, 0.3) is 0 Å². The number of amides is 1. The highest BCUT2D eigenvalue weighted by Gasteiger charge is 2.42. The summed E-state index contributed by atoms with van der Waals surface area (Å²) < 4.78 is 5.57. The summed E-state index contributed by atoms with van der Waals surface area (Å²) in [7, 11) is 0. The van der Waals surface area contributed by atoms with Crippen molar-refractivity contribution in [3.63, 3.8) is 0 Å². The quantitative estimate of drug-likeness (QED) is 0.744. The monoisotopic (exact) mass is 338 g/mol. The van der Waals surface area contributed by atoms with Gasteiger partial charge in [-0.25, -0.2) is 4.98 Å². The fraction of sp³-hybridized carbons (Fsp3) is 0.429. The van der Waals surface area contributed by atoms with Crippen LogP contribution in [0.2, 0.25) is 0 Å². The van der Waals surface area contributed by atoms with Gasteiger partial charge < -0.3 is 10.1 Å². The van der Waals surface area contributed by atoms with Crippen molar-refractivity contribution in [1.29, 1.82) is 0 Å². The number of nitrogens with one attached hydrogen (secondary N) is 1. The van der Waals surface area contributed by atoms with Gasteiger partial charge in [-0.15, -0.1) is 0 Å². The van der Waals surface area contributed by atoms with Crippen molar-refractivity contribution in [3.05, 3.63) is 54.2 Å². The van der Waals surface area contributed by atoms with Crippen LogP contribution in [0.4, 0.5) is 5.69 Å². The van der Waals surface area contributed by atoms with Crippen LogP contribution in [0, 0.1) is 0 Å². The molecule has 1 amide bonds. The number of pyridine rings is 1. The molecule has 0 radical (unpaired) electrons. The summed E-state index contributed by atoms with van der Waals surface area (Å²) in [6, 6.07) is 13.8. The summed E-state index contributed by atoms with van der Waals surface area (Å²) in [4.78, 5) is 17.4. The summed E-state index contributed by atoms with van der Waals surface area (Å²) >= 11 is 0. The SMILES string of the molecule is CCCCOc1ccc(NC(=O)C2(c3ccccc3)CCCC2)cn1. The topological polar surface area (TPSA) is 51.2 Å². The van der Waals surface area contributed by atoms with Gasteiger partial charge in [0.1, 0.15) is 0 Å². The van der Waals surface area contributed by atoms with E-state index in [4.69, 9.17) is 4.74 Å². The Labute approximate surface area is 149 Å². The molecule has 1 aromatic carbocycles. The van der Waals surface area contributed by atoms with E-state index in [2.05, 4.69) is 29.4 Å². The highest BCUT2D eigenvalue weighted by atomic mass is 16.5. The molecule has 4 heteroatoms. The number of nitrogens with zero attached hydrogens (tertiary/aromatic N) is 1. The van der Waals surface area contributed by atoms with Crippen molar-refractivity contribution in [2.75, 3.05) is 11.9 Å². The maximum atomic E-state index is 13.1. The van der Waals surface area contributed by atoms with Crippen LogP contribution in [0.25, 0.3) is 0 Å². The highest BCUT2D eigenvalue weighted by Crippen LogP contribution is 2.42. The molecule has 0 unspecified atom stereocenters. The van der Waals surface area contributed by atoms with E-state index in [9.17, 15) is 4.79 Å². The van der Waals surface area contributed by atoms with Gasteiger partial charge in [0.15, 0.2) is 0 Å². The molecule has 1 saturated carbocycles. The first kappa shape index (κ1) is 17.5. The Balaban J connectivity index is 1.70. The number of aromatic nitrogens is 1. The minimum Gasteiger partial charge on any atom is -0.478 e. The van der Waals surface area contributed by atoms with Crippen LogP contribution in [0.15, 0.2) is 48.7 Å². The van der Waals surface area contributed by atoms with Gasteiger partial charge in [0, 0.05) is 6.07 Å². The van der Waals surface area contributed by atoms with Gasteiger partial charge in [-0.1, -0.05) is 56.5 Å². The number of anilines is 1. The number of hydrogen-bond acceptors (Lipinski definition) is 3. The Morgan fingerprint density at radius 1 is 1.16 bits per heavy atom. The van der Waals surface area contributed by atoms with Gasteiger partial charge in [-0.05, 0) is 30.9 Å². The lowest BCUT2D eigenvalue weighted by Gasteiger charge is -2.28. The molecule has 4 nitrogen and oxygen atoms in total. The molecule has 0 saturated heterocycles. The second kappa shape index (κ2) is 8.15. The second-order valence-corrected chi connectivity index (χ2v) is 6.70. The average molecular weight is 338 g/mol. The Hall–Kier alpha value is -2.36. The van der Waals surface area contributed by atoms with E-state index in [0.29, 0.717) is 12.5 Å². The van der Waals surface area contributed by atoms with Crippen LogP contribution >= 0.6 is 0 Å². The fourth-order valence-corrected chi connectivity index (χ4v) is 3.49. The number of benzene rings is 1. The third-order valence-electron chi connectivity index (χ3n) is 4.96. The molecule has 0 spiro atoms. The van der Waals surface area contributed by atoms with Crippen molar-refractivity contribution in [2.24, 2.45) is 0 Å². The van der Waals surface area contributed by atoms with Crippen LogP contribution in [-0.4, -0.2) is 17.5 Å². The molecule has 1 N–H and O–H groups in total. The first-order valence-corrected chi connectivity index (χ1v) is 9.20. The van der Waals surface area contributed by atoms with E-state index in [1.54, 1.807) is 6.20 Å². The van der Waals surface area contributed by atoms with Crippen LogP contribution < -0.4 is 10.1 Å². The fourth-order valence-electron chi connectivity index (χ4n) is 3.49. The van der Waals surface area contributed by atoms with Gasteiger partial charge in [-0.3, -0.25) is 4.79 Å². The number of rotatable bonds is 7. The van der Waals surface area contributed by atoms with E-state index in [1.165, 1.54) is 0 Å².